The molecule has 0 atom stereocenters. The van der Waals surface area contributed by atoms with Crippen LogP contribution in [-0.4, -0.2) is 29.5 Å². The van der Waals surface area contributed by atoms with Crippen LogP contribution in [0.15, 0.2) is 52.3 Å². The number of aryl methyl sites for hydroxylation is 1. The van der Waals surface area contributed by atoms with Crippen LogP contribution in [0, 0.1) is 6.92 Å². The zero-order valence-electron chi connectivity index (χ0n) is 15.0. The van der Waals surface area contributed by atoms with Crippen LogP contribution >= 0.6 is 11.3 Å². The van der Waals surface area contributed by atoms with Crippen LogP contribution in [0.3, 0.4) is 0 Å². The van der Waals surface area contributed by atoms with Crippen LogP contribution in [0.5, 0.6) is 0 Å². The number of nitrogens with zero attached hydrogens (tertiary/aromatic N) is 2. The minimum atomic E-state index is -0.209. The summed E-state index contributed by atoms with van der Waals surface area (Å²) in [5.41, 5.74) is 2.09. The van der Waals surface area contributed by atoms with Gasteiger partial charge in [0.2, 0.25) is 5.89 Å². The van der Waals surface area contributed by atoms with Crippen molar-refractivity contribution in [1.82, 2.24) is 9.88 Å². The van der Waals surface area contributed by atoms with Crippen molar-refractivity contribution in [3.05, 3.63) is 64.9 Å². The van der Waals surface area contributed by atoms with Gasteiger partial charge in [-0.05, 0) is 23.9 Å². The third kappa shape index (κ3) is 4.80. The summed E-state index contributed by atoms with van der Waals surface area (Å²) < 4.78 is 10.6. The predicted octanol–water partition coefficient (Wildman–Crippen LogP) is 4.28. The number of aromatic nitrogens is 1. The van der Waals surface area contributed by atoms with Crippen molar-refractivity contribution in [2.45, 2.75) is 26.4 Å². The first kappa shape index (κ1) is 18.4. The predicted molar refractivity (Wildman–Crippen MR) is 102 cm³/mol. The van der Waals surface area contributed by atoms with Crippen LogP contribution in [-0.2, 0) is 22.6 Å². The molecule has 0 saturated carbocycles. The quantitative estimate of drug-likeness (QED) is 0.554. The minimum absolute atomic E-state index is 0.209. The molecule has 2 heterocycles. The van der Waals surface area contributed by atoms with E-state index in [9.17, 15) is 4.79 Å². The van der Waals surface area contributed by atoms with Crippen LogP contribution in [0.25, 0.3) is 10.8 Å². The normalized spacial score (nSPS) is 11.0. The van der Waals surface area contributed by atoms with E-state index >= 15 is 0 Å². The minimum Gasteiger partial charge on any atom is -0.469 e. The van der Waals surface area contributed by atoms with Crippen LogP contribution < -0.4 is 0 Å². The molecule has 0 aliphatic heterocycles. The van der Waals surface area contributed by atoms with Gasteiger partial charge < -0.3 is 9.15 Å². The first-order valence-electron chi connectivity index (χ1n) is 8.49. The summed E-state index contributed by atoms with van der Waals surface area (Å²) in [7, 11) is 1.42. The Kier molecular flexibility index (Phi) is 6.20. The number of oxazole rings is 1. The molecule has 0 N–H and O–H groups in total. The molecule has 0 unspecified atom stereocenters. The molecule has 0 bridgehead atoms. The van der Waals surface area contributed by atoms with E-state index in [0.29, 0.717) is 25.4 Å². The van der Waals surface area contributed by atoms with E-state index in [0.717, 1.165) is 22.9 Å². The Morgan fingerprint density at radius 3 is 2.69 bits per heavy atom. The third-order valence-corrected chi connectivity index (χ3v) is 4.96. The fraction of sp³-hybridized carbons (Fsp3) is 0.300. The largest absolute Gasteiger partial charge is 0.469 e. The molecule has 5 nitrogen and oxygen atoms in total. The zero-order valence-corrected chi connectivity index (χ0v) is 15.8. The van der Waals surface area contributed by atoms with Gasteiger partial charge in [-0.15, -0.1) is 11.3 Å². The number of benzene rings is 1. The Morgan fingerprint density at radius 1 is 1.19 bits per heavy atom. The molecule has 1 aromatic carbocycles. The molecule has 3 rings (SSSR count). The maximum absolute atomic E-state index is 11.6. The number of esters is 1. The highest BCUT2D eigenvalue weighted by molar-refractivity contribution is 7.13. The standard InChI is InChI=1S/C20H22N2O3S/c1-15-17(21-20(25-15)18-9-6-12-26-18)14-22(11-10-19(23)24-2)13-16-7-4-3-5-8-16/h3-9,12H,10-11,13-14H2,1-2H3. The average Bonchev–Trinajstić information content (AvgIpc) is 3.30. The van der Waals surface area contributed by atoms with Crippen molar-refractivity contribution >= 4 is 17.3 Å². The number of ether oxygens (including phenoxy) is 1. The molecular weight excluding hydrogens is 348 g/mol. The highest BCUT2D eigenvalue weighted by atomic mass is 32.1. The highest BCUT2D eigenvalue weighted by Gasteiger charge is 2.17. The summed E-state index contributed by atoms with van der Waals surface area (Å²) >= 11 is 1.61. The van der Waals surface area contributed by atoms with E-state index in [1.54, 1.807) is 11.3 Å². The molecule has 26 heavy (non-hydrogen) atoms. The fourth-order valence-corrected chi connectivity index (χ4v) is 3.35. The second-order valence-electron chi connectivity index (χ2n) is 6.02. The van der Waals surface area contributed by atoms with Gasteiger partial charge in [0.25, 0.3) is 0 Å². The van der Waals surface area contributed by atoms with Gasteiger partial charge in [0.05, 0.1) is 24.1 Å². The molecule has 0 radical (unpaired) electrons. The maximum Gasteiger partial charge on any atom is 0.306 e. The van der Waals surface area contributed by atoms with Crippen molar-refractivity contribution in [3.63, 3.8) is 0 Å². The zero-order chi connectivity index (χ0) is 18.4. The van der Waals surface area contributed by atoms with Crippen molar-refractivity contribution in [1.29, 1.82) is 0 Å². The summed E-state index contributed by atoms with van der Waals surface area (Å²) in [6, 6.07) is 14.2. The molecule has 0 amide bonds. The molecule has 0 spiro atoms. The van der Waals surface area contributed by atoms with Gasteiger partial charge in [0, 0.05) is 19.6 Å². The SMILES string of the molecule is COC(=O)CCN(Cc1ccccc1)Cc1nc(-c2cccs2)oc1C. The molecule has 2 aromatic heterocycles. The molecule has 6 heteroatoms. The van der Waals surface area contributed by atoms with E-state index in [-0.39, 0.29) is 5.97 Å². The van der Waals surface area contributed by atoms with Crippen LogP contribution in [0.2, 0.25) is 0 Å². The van der Waals surface area contributed by atoms with Crippen molar-refractivity contribution < 1.29 is 13.9 Å². The number of hydrogen-bond donors (Lipinski definition) is 0. The number of rotatable bonds is 8. The molecule has 0 aliphatic carbocycles. The Bertz CT molecular complexity index is 828. The van der Waals surface area contributed by atoms with Crippen molar-refractivity contribution in [3.8, 4) is 10.8 Å². The Labute approximate surface area is 157 Å². The number of thiophene rings is 1. The fourth-order valence-electron chi connectivity index (χ4n) is 2.70. The summed E-state index contributed by atoms with van der Waals surface area (Å²) in [6.07, 6.45) is 0.345. The smallest absolute Gasteiger partial charge is 0.306 e. The van der Waals surface area contributed by atoms with Gasteiger partial charge in [0.15, 0.2) is 0 Å². The Morgan fingerprint density at radius 2 is 2.00 bits per heavy atom. The van der Waals surface area contributed by atoms with Gasteiger partial charge >= 0.3 is 5.97 Å². The van der Waals surface area contributed by atoms with Gasteiger partial charge in [-0.2, -0.15) is 0 Å². The van der Waals surface area contributed by atoms with Crippen molar-refractivity contribution in [2.75, 3.05) is 13.7 Å². The number of methoxy groups -OCH3 is 1. The third-order valence-electron chi connectivity index (χ3n) is 4.11. The van der Waals surface area contributed by atoms with Gasteiger partial charge in [-0.1, -0.05) is 36.4 Å². The van der Waals surface area contributed by atoms with E-state index in [1.165, 1.54) is 12.7 Å². The van der Waals surface area contributed by atoms with E-state index in [1.807, 2.05) is 42.6 Å². The van der Waals surface area contributed by atoms with E-state index < -0.39 is 0 Å². The maximum atomic E-state index is 11.6. The number of carbonyl (C=O) groups excluding carboxylic acids is 1. The van der Waals surface area contributed by atoms with E-state index in [4.69, 9.17) is 9.15 Å². The van der Waals surface area contributed by atoms with Crippen LogP contribution in [0.1, 0.15) is 23.4 Å². The molecule has 136 valence electrons. The highest BCUT2D eigenvalue weighted by Crippen LogP contribution is 2.26. The number of carbonyl (C=O) groups is 1. The Hall–Kier alpha value is -2.44. The number of hydrogen-bond acceptors (Lipinski definition) is 6. The lowest BCUT2D eigenvalue weighted by atomic mass is 10.2. The summed E-state index contributed by atoms with van der Waals surface area (Å²) in [5, 5.41) is 2.01. The molecule has 0 fully saturated rings. The van der Waals surface area contributed by atoms with Gasteiger partial charge in [0.1, 0.15) is 5.76 Å². The Balaban J connectivity index is 1.75. The van der Waals surface area contributed by atoms with Gasteiger partial charge in [-0.3, -0.25) is 9.69 Å². The topological polar surface area (TPSA) is 55.6 Å². The summed E-state index contributed by atoms with van der Waals surface area (Å²) in [6.45, 7) is 3.88. The summed E-state index contributed by atoms with van der Waals surface area (Å²) in [4.78, 5) is 19.4. The van der Waals surface area contributed by atoms with E-state index in [2.05, 4.69) is 22.0 Å². The average molecular weight is 370 g/mol. The summed E-state index contributed by atoms with van der Waals surface area (Å²) in [5.74, 6) is 1.25. The first-order valence-corrected chi connectivity index (χ1v) is 9.37. The van der Waals surface area contributed by atoms with Crippen molar-refractivity contribution in [2.24, 2.45) is 0 Å². The lowest BCUT2D eigenvalue weighted by Crippen LogP contribution is -2.26. The first-order chi connectivity index (χ1) is 12.7. The lowest BCUT2D eigenvalue weighted by molar-refractivity contribution is -0.141. The second-order valence-corrected chi connectivity index (χ2v) is 6.97. The molecule has 0 aliphatic rings. The lowest BCUT2D eigenvalue weighted by Gasteiger charge is -2.21. The van der Waals surface area contributed by atoms with Crippen LogP contribution in [0.4, 0.5) is 0 Å². The van der Waals surface area contributed by atoms with Gasteiger partial charge in [-0.25, -0.2) is 4.98 Å². The monoisotopic (exact) mass is 370 g/mol. The second kappa shape index (κ2) is 8.78. The molecular formula is C20H22N2O3S. The molecule has 0 saturated heterocycles. The molecule has 3 aromatic rings.